The van der Waals surface area contributed by atoms with Crippen LogP contribution in [0, 0.1) is 0 Å². The van der Waals surface area contributed by atoms with Gasteiger partial charge in [0.05, 0.1) is 5.39 Å². The van der Waals surface area contributed by atoms with Crippen LogP contribution in [-0.4, -0.2) is 17.7 Å². The molecule has 0 unspecified atom stereocenters. The number of benzene rings is 2. The Labute approximate surface area is 125 Å². The molecule has 0 bridgehead atoms. The number of fused-ring (bicyclic) bond motifs is 1. The number of aliphatic hydroxyl groups is 1. The molecule has 2 aromatic carbocycles. The highest BCUT2D eigenvalue weighted by Gasteiger charge is 2.19. The van der Waals surface area contributed by atoms with Gasteiger partial charge in [0.25, 0.3) is 0 Å². The van der Waals surface area contributed by atoms with E-state index in [9.17, 15) is 9.59 Å². The molecule has 1 aromatic heterocycles. The van der Waals surface area contributed by atoms with Crippen LogP contribution in [0.5, 0.6) is 5.75 Å². The van der Waals surface area contributed by atoms with Crippen molar-refractivity contribution in [2.24, 2.45) is 0 Å². The Hall–Kier alpha value is -2.92. The number of aliphatic hydroxyl groups excluding tert-OH is 1. The average Bonchev–Trinajstić information content (AvgIpc) is 2.58. The number of ether oxygens (including phenoxy) is 1. The summed E-state index contributed by atoms with van der Waals surface area (Å²) >= 11 is 0. The SMILES string of the molecule is O=C(CO)Oc1c(-c2ccccc2)oc2ccccc2c1=O. The first-order valence-corrected chi connectivity index (χ1v) is 6.63. The number of hydrogen-bond donors (Lipinski definition) is 1. The highest BCUT2D eigenvalue weighted by Crippen LogP contribution is 2.30. The first-order valence-electron chi connectivity index (χ1n) is 6.63. The number of carbonyl (C=O) groups excluding carboxylic acids is 1. The normalized spacial score (nSPS) is 10.6. The Bertz CT molecular complexity index is 880. The minimum atomic E-state index is -0.917. The lowest BCUT2D eigenvalue weighted by Crippen LogP contribution is -2.18. The summed E-state index contributed by atoms with van der Waals surface area (Å²) < 4.78 is 10.7. The molecule has 0 saturated carbocycles. The van der Waals surface area contributed by atoms with Crippen molar-refractivity contribution in [1.29, 1.82) is 0 Å². The fourth-order valence-electron chi connectivity index (χ4n) is 2.14. The smallest absolute Gasteiger partial charge is 0.337 e. The van der Waals surface area contributed by atoms with Gasteiger partial charge in [0.2, 0.25) is 11.2 Å². The highest BCUT2D eigenvalue weighted by molar-refractivity contribution is 5.84. The third kappa shape index (κ3) is 2.49. The maximum absolute atomic E-state index is 12.6. The van der Waals surface area contributed by atoms with Crippen molar-refractivity contribution in [2.75, 3.05) is 6.61 Å². The molecule has 0 aliphatic heterocycles. The molecule has 3 rings (SSSR count). The molecule has 1 heterocycles. The predicted octanol–water partition coefficient (Wildman–Crippen LogP) is 2.36. The molecule has 1 N–H and O–H groups in total. The van der Waals surface area contributed by atoms with Crippen molar-refractivity contribution in [1.82, 2.24) is 0 Å². The van der Waals surface area contributed by atoms with Gasteiger partial charge in [0, 0.05) is 5.56 Å². The maximum atomic E-state index is 12.6. The lowest BCUT2D eigenvalue weighted by molar-refractivity contribution is -0.137. The van der Waals surface area contributed by atoms with Gasteiger partial charge in [0.1, 0.15) is 12.2 Å². The monoisotopic (exact) mass is 296 g/mol. The molecule has 110 valence electrons. The third-order valence-corrected chi connectivity index (χ3v) is 3.14. The molecule has 0 aliphatic rings. The summed E-state index contributed by atoms with van der Waals surface area (Å²) in [5.41, 5.74) is 0.545. The van der Waals surface area contributed by atoms with Gasteiger partial charge >= 0.3 is 5.97 Å². The Morgan fingerprint density at radius 1 is 1.05 bits per heavy atom. The van der Waals surface area contributed by atoms with Crippen LogP contribution in [-0.2, 0) is 4.79 Å². The van der Waals surface area contributed by atoms with Crippen molar-refractivity contribution < 1.29 is 19.1 Å². The minimum Gasteiger partial charge on any atom is -0.452 e. The largest absolute Gasteiger partial charge is 0.452 e. The van der Waals surface area contributed by atoms with E-state index in [2.05, 4.69) is 0 Å². The molecular weight excluding hydrogens is 284 g/mol. The van der Waals surface area contributed by atoms with Crippen LogP contribution < -0.4 is 10.2 Å². The summed E-state index contributed by atoms with van der Waals surface area (Å²) in [7, 11) is 0. The van der Waals surface area contributed by atoms with Gasteiger partial charge < -0.3 is 14.3 Å². The zero-order valence-electron chi connectivity index (χ0n) is 11.5. The molecule has 0 amide bonds. The Morgan fingerprint density at radius 3 is 2.45 bits per heavy atom. The van der Waals surface area contributed by atoms with E-state index in [-0.39, 0.29) is 11.5 Å². The number of para-hydroxylation sites is 1. The van der Waals surface area contributed by atoms with Gasteiger partial charge in [-0.15, -0.1) is 0 Å². The predicted molar refractivity (Wildman–Crippen MR) is 80.6 cm³/mol. The number of hydrogen-bond acceptors (Lipinski definition) is 5. The second-order valence-corrected chi connectivity index (χ2v) is 4.58. The first-order chi connectivity index (χ1) is 10.7. The van der Waals surface area contributed by atoms with Gasteiger partial charge in [-0.1, -0.05) is 42.5 Å². The van der Waals surface area contributed by atoms with Gasteiger partial charge in [0.15, 0.2) is 5.76 Å². The zero-order valence-corrected chi connectivity index (χ0v) is 11.5. The van der Waals surface area contributed by atoms with Crippen molar-refractivity contribution in [3.8, 4) is 17.1 Å². The minimum absolute atomic E-state index is 0.158. The lowest BCUT2D eigenvalue weighted by atomic mass is 10.1. The Kier molecular flexibility index (Phi) is 3.72. The first kappa shape index (κ1) is 14.0. The molecule has 0 aliphatic carbocycles. The summed E-state index contributed by atoms with van der Waals surface area (Å²) in [4.78, 5) is 24.0. The van der Waals surface area contributed by atoms with Crippen LogP contribution in [0.1, 0.15) is 0 Å². The van der Waals surface area contributed by atoms with Crippen LogP contribution >= 0.6 is 0 Å². The summed E-state index contributed by atoms with van der Waals surface area (Å²) in [6.45, 7) is -0.819. The number of carbonyl (C=O) groups is 1. The molecule has 0 atom stereocenters. The third-order valence-electron chi connectivity index (χ3n) is 3.14. The molecular formula is C17H12O5. The topological polar surface area (TPSA) is 76.7 Å². The summed E-state index contributed by atoms with van der Waals surface area (Å²) in [5.74, 6) is -0.977. The molecule has 5 nitrogen and oxygen atoms in total. The van der Waals surface area contributed by atoms with Gasteiger partial charge in [-0.25, -0.2) is 4.79 Å². The van der Waals surface area contributed by atoms with E-state index in [1.54, 1.807) is 48.5 Å². The second kappa shape index (κ2) is 5.83. The number of esters is 1. The van der Waals surface area contributed by atoms with Crippen LogP contribution in [0.3, 0.4) is 0 Å². The molecule has 0 spiro atoms. The molecule has 5 heteroatoms. The fourth-order valence-corrected chi connectivity index (χ4v) is 2.14. The van der Waals surface area contributed by atoms with E-state index >= 15 is 0 Å². The molecule has 0 fully saturated rings. The summed E-state index contributed by atoms with van der Waals surface area (Å²) in [5, 5.41) is 9.16. The van der Waals surface area contributed by atoms with E-state index in [1.807, 2.05) is 6.07 Å². The van der Waals surface area contributed by atoms with Crippen molar-refractivity contribution in [2.45, 2.75) is 0 Å². The van der Waals surface area contributed by atoms with Crippen LogP contribution in [0.4, 0.5) is 0 Å². The van der Waals surface area contributed by atoms with Gasteiger partial charge in [-0.2, -0.15) is 0 Å². The van der Waals surface area contributed by atoms with Crippen molar-refractivity contribution in [3.63, 3.8) is 0 Å². The van der Waals surface area contributed by atoms with E-state index in [0.717, 1.165) is 0 Å². The van der Waals surface area contributed by atoms with E-state index < -0.39 is 18.0 Å². The van der Waals surface area contributed by atoms with E-state index in [4.69, 9.17) is 14.3 Å². The Morgan fingerprint density at radius 2 is 1.73 bits per heavy atom. The second-order valence-electron chi connectivity index (χ2n) is 4.58. The van der Waals surface area contributed by atoms with E-state index in [0.29, 0.717) is 16.5 Å². The zero-order chi connectivity index (χ0) is 15.5. The standard InChI is InChI=1S/C17H12O5/c18-10-14(19)22-17-15(20)12-8-4-5-9-13(12)21-16(17)11-6-2-1-3-7-11/h1-9,18H,10H2. The van der Waals surface area contributed by atoms with E-state index in [1.165, 1.54) is 0 Å². The maximum Gasteiger partial charge on any atom is 0.337 e. The fraction of sp³-hybridized carbons (Fsp3) is 0.0588. The molecule has 0 saturated heterocycles. The number of rotatable bonds is 3. The van der Waals surface area contributed by atoms with Gasteiger partial charge in [-0.3, -0.25) is 4.79 Å². The summed E-state index contributed by atoms with van der Waals surface area (Å²) in [6, 6.07) is 15.6. The average molecular weight is 296 g/mol. The lowest BCUT2D eigenvalue weighted by Gasteiger charge is -2.09. The highest BCUT2D eigenvalue weighted by atomic mass is 16.6. The van der Waals surface area contributed by atoms with Crippen LogP contribution in [0.25, 0.3) is 22.3 Å². The van der Waals surface area contributed by atoms with Crippen LogP contribution in [0.15, 0.2) is 63.8 Å². The molecule has 3 aromatic rings. The summed E-state index contributed by atoms with van der Waals surface area (Å²) in [6.07, 6.45) is 0. The van der Waals surface area contributed by atoms with Crippen LogP contribution in [0.2, 0.25) is 0 Å². The van der Waals surface area contributed by atoms with Crippen molar-refractivity contribution >= 4 is 16.9 Å². The van der Waals surface area contributed by atoms with Gasteiger partial charge in [-0.05, 0) is 12.1 Å². The quantitative estimate of drug-likeness (QED) is 0.751. The van der Waals surface area contributed by atoms with Crippen molar-refractivity contribution in [3.05, 3.63) is 64.8 Å². The molecule has 22 heavy (non-hydrogen) atoms. The Balaban J connectivity index is 2.31. The molecule has 0 radical (unpaired) electrons.